The van der Waals surface area contributed by atoms with E-state index in [-0.39, 0.29) is 5.91 Å². The van der Waals surface area contributed by atoms with Gasteiger partial charge in [-0.25, -0.2) is 0 Å². The van der Waals surface area contributed by atoms with Crippen LogP contribution in [0, 0.1) is 18.8 Å². The molecular weight excluding hydrogens is 224 g/mol. The van der Waals surface area contributed by atoms with Crippen molar-refractivity contribution >= 4 is 11.6 Å². The Morgan fingerprint density at radius 3 is 2.89 bits per heavy atom. The largest absolute Gasteiger partial charge is 0.325 e. The standard InChI is InChI=1S/C15H22N2O/c1-11-4-3-5-14(8-11)17-15(18)10-16-9-12(2)13-6-7-13/h3-5,8,12-13,16H,6-7,9-10H2,1-2H3,(H,17,18). The maximum Gasteiger partial charge on any atom is 0.238 e. The molecule has 1 aromatic rings. The summed E-state index contributed by atoms with van der Waals surface area (Å²) in [4.78, 5) is 11.7. The van der Waals surface area contributed by atoms with Gasteiger partial charge in [-0.2, -0.15) is 0 Å². The molecule has 1 amide bonds. The SMILES string of the molecule is Cc1cccc(NC(=O)CNCC(C)C2CC2)c1. The first kappa shape index (κ1) is 13.1. The molecule has 1 unspecified atom stereocenters. The molecule has 1 saturated carbocycles. The Morgan fingerprint density at radius 1 is 1.44 bits per heavy atom. The van der Waals surface area contributed by atoms with Crippen LogP contribution in [0.4, 0.5) is 5.69 Å². The first-order valence-electron chi connectivity index (χ1n) is 6.72. The lowest BCUT2D eigenvalue weighted by Crippen LogP contribution is -2.31. The quantitative estimate of drug-likeness (QED) is 0.810. The van der Waals surface area contributed by atoms with E-state index in [1.54, 1.807) is 0 Å². The highest BCUT2D eigenvalue weighted by molar-refractivity contribution is 5.92. The molecule has 0 aromatic heterocycles. The van der Waals surface area contributed by atoms with Crippen molar-refractivity contribution in [2.24, 2.45) is 11.8 Å². The lowest BCUT2D eigenvalue weighted by molar-refractivity contribution is -0.115. The Hall–Kier alpha value is -1.35. The Kier molecular flexibility index (Phi) is 4.37. The van der Waals surface area contributed by atoms with Crippen LogP contribution in [0.2, 0.25) is 0 Å². The molecule has 0 aliphatic heterocycles. The second-order valence-electron chi connectivity index (χ2n) is 5.36. The number of carbonyl (C=O) groups is 1. The molecule has 0 bridgehead atoms. The van der Waals surface area contributed by atoms with Gasteiger partial charge in [0.25, 0.3) is 0 Å². The summed E-state index contributed by atoms with van der Waals surface area (Å²) in [5, 5.41) is 6.13. The molecular formula is C15H22N2O. The van der Waals surface area contributed by atoms with Crippen LogP contribution in [0.1, 0.15) is 25.3 Å². The third-order valence-electron chi connectivity index (χ3n) is 3.48. The lowest BCUT2D eigenvalue weighted by atomic mass is 10.1. The molecule has 0 radical (unpaired) electrons. The fourth-order valence-electron chi connectivity index (χ4n) is 2.17. The fourth-order valence-corrected chi connectivity index (χ4v) is 2.17. The van der Waals surface area contributed by atoms with Gasteiger partial charge in [0.15, 0.2) is 0 Å². The first-order valence-corrected chi connectivity index (χ1v) is 6.72. The number of amides is 1. The van der Waals surface area contributed by atoms with Crippen LogP contribution in [0.15, 0.2) is 24.3 Å². The minimum Gasteiger partial charge on any atom is -0.325 e. The topological polar surface area (TPSA) is 41.1 Å². The van der Waals surface area contributed by atoms with Crippen LogP contribution in [0.5, 0.6) is 0 Å². The molecule has 1 aromatic carbocycles. The predicted molar refractivity (Wildman–Crippen MR) is 74.6 cm³/mol. The second-order valence-corrected chi connectivity index (χ2v) is 5.36. The average Bonchev–Trinajstić information content (AvgIpc) is 3.12. The third-order valence-corrected chi connectivity index (χ3v) is 3.48. The molecule has 0 saturated heterocycles. The van der Waals surface area contributed by atoms with Gasteiger partial charge in [0.2, 0.25) is 5.91 Å². The zero-order valence-electron chi connectivity index (χ0n) is 11.2. The highest BCUT2D eigenvalue weighted by Gasteiger charge is 2.27. The van der Waals surface area contributed by atoms with E-state index in [0.717, 1.165) is 23.7 Å². The molecule has 0 spiro atoms. The van der Waals surface area contributed by atoms with Gasteiger partial charge in [-0.05, 0) is 55.8 Å². The van der Waals surface area contributed by atoms with E-state index in [9.17, 15) is 4.79 Å². The summed E-state index contributed by atoms with van der Waals surface area (Å²) in [6, 6.07) is 7.86. The molecule has 1 fully saturated rings. The monoisotopic (exact) mass is 246 g/mol. The maximum atomic E-state index is 11.7. The van der Waals surface area contributed by atoms with Crippen LogP contribution in [-0.4, -0.2) is 19.0 Å². The van der Waals surface area contributed by atoms with Crippen LogP contribution in [-0.2, 0) is 4.79 Å². The van der Waals surface area contributed by atoms with Crippen LogP contribution in [0.25, 0.3) is 0 Å². The normalized spacial score (nSPS) is 16.3. The minimum absolute atomic E-state index is 0.0311. The van der Waals surface area contributed by atoms with Crippen molar-refractivity contribution in [2.75, 3.05) is 18.4 Å². The van der Waals surface area contributed by atoms with E-state index in [1.165, 1.54) is 12.8 Å². The van der Waals surface area contributed by atoms with Crippen molar-refractivity contribution < 1.29 is 4.79 Å². The molecule has 2 N–H and O–H groups in total. The molecule has 1 aliphatic carbocycles. The number of benzene rings is 1. The highest BCUT2D eigenvalue weighted by Crippen LogP contribution is 2.35. The van der Waals surface area contributed by atoms with E-state index in [1.807, 2.05) is 31.2 Å². The van der Waals surface area contributed by atoms with Crippen LogP contribution >= 0.6 is 0 Å². The summed E-state index contributed by atoms with van der Waals surface area (Å²) in [6.45, 7) is 5.60. The Balaban J connectivity index is 1.68. The predicted octanol–water partition coefficient (Wildman–Crippen LogP) is 2.57. The van der Waals surface area contributed by atoms with Crippen molar-refractivity contribution in [3.8, 4) is 0 Å². The van der Waals surface area contributed by atoms with Gasteiger partial charge in [0.1, 0.15) is 0 Å². The van der Waals surface area contributed by atoms with E-state index >= 15 is 0 Å². The molecule has 98 valence electrons. The van der Waals surface area contributed by atoms with Gasteiger partial charge in [-0.1, -0.05) is 19.1 Å². The van der Waals surface area contributed by atoms with Gasteiger partial charge in [0.05, 0.1) is 6.54 Å². The third kappa shape index (κ3) is 4.15. The summed E-state index contributed by atoms with van der Waals surface area (Å²) >= 11 is 0. The zero-order chi connectivity index (χ0) is 13.0. The number of hydrogen-bond donors (Lipinski definition) is 2. The lowest BCUT2D eigenvalue weighted by Gasteiger charge is -2.11. The number of rotatable bonds is 6. The van der Waals surface area contributed by atoms with Gasteiger partial charge < -0.3 is 10.6 Å². The maximum absolute atomic E-state index is 11.7. The van der Waals surface area contributed by atoms with Gasteiger partial charge in [-0.3, -0.25) is 4.79 Å². The van der Waals surface area contributed by atoms with Crippen molar-refractivity contribution in [1.29, 1.82) is 0 Å². The number of anilines is 1. The van der Waals surface area contributed by atoms with Crippen molar-refractivity contribution in [3.63, 3.8) is 0 Å². The van der Waals surface area contributed by atoms with Gasteiger partial charge >= 0.3 is 0 Å². The molecule has 1 atom stereocenters. The van der Waals surface area contributed by atoms with Crippen LogP contribution in [0.3, 0.4) is 0 Å². The van der Waals surface area contributed by atoms with E-state index in [4.69, 9.17) is 0 Å². The second kappa shape index (κ2) is 6.01. The Labute approximate surface area is 109 Å². The number of hydrogen-bond acceptors (Lipinski definition) is 2. The molecule has 2 rings (SSSR count). The minimum atomic E-state index is 0.0311. The Morgan fingerprint density at radius 2 is 2.22 bits per heavy atom. The van der Waals surface area contributed by atoms with Crippen molar-refractivity contribution in [1.82, 2.24) is 5.32 Å². The zero-order valence-corrected chi connectivity index (χ0v) is 11.2. The van der Waals surface area contributed by atoms with Crippen molar-refractivity contribution in [2.45, 2.75) is 26.7 Å². The van der Waals surface area contributed by atoms with Crippen molar-refractivity contribution in [3.05, 3.63) is 29.8 Å². The number of nitrogens with one attached hydrogen (secondary N) is 2. The number of carbonyl (C=O) groups excluding carboxylic acids is 1. The molecule has 3 nitrogen and oxygen atoms in total. The van der Waals surface area contributed by atoms with E-state index in [0.29, 0.717) is 12.5 Å². The average molecular weight is 246 g/mol. The summed E-state index contributed by atoms with van der Waals surface area (Å²) < 4.78 is 0. The van der Waals surface area contributed by atoms with Gasteiger partial charge in [-0.15, -0.1) is 0 Å². The fraction of sp³-hybridized carbons (Fsp3) is 0.533. The number of aryl methyl sites for hydroxylation is 1. The molecule has 0 heterocycles. The van der Waals surface area contributed by atoms with Gasteiger partial charge in [0, 0.05) is 5.69 Å². The highest BCUT2D eigenvalue weighted by atomic mass is 16.1. The summed E-state index contributed by atoms with van der Waals surface area (Å²) in [5.41, 5.74) is 2.03. The summed E-state index contributed by atoms with van der Waals surface area (Å²) in [7, 11) is 0. The molecule has 1 aliphatic rings. The first-order chi connectivity index (χ1) is 8.65. The summed E-state index contributed by atoms with van der Waals surface area (Å²) in [5.74, 6) is 1.61. The molecule has 3 heteroatoms. The van der Waals surface area contributed by atoms with Crippen LogP contribution < -0.4 is 10.6 Å². The molecule has 18 heavy (non-hydrogen) atoms. The smallest absolute Gasteiger partial charge is 0.238 e. The van der Waals surface area contributed by atoms with E-state index < -0.39 is 0 Å². The summed E-state index contributed by atoms with van der Waals surface area (Å²) in [6.07, 6.45) is 2.72. The Bertz CT molecular complexity index is 413. The van der Waals surface area contributed by atoms with E-state index in [2.05, 4.69) is 17.6 Å².